The maximum Gasteiger partial charge on any atom is 0.317 e. The highest BCUT2D eigenvalue weighted by Gasteiger charge is 2.43. The third-order valence-corrected chi connectivity index (χ3v) is 5.30. The van der Waals surface area contributed by atoms with Gasteiger partial charge in [0.1, 0.15) is 0 Å². The van der Waals surface area contributed by atoms with Crippen LogP contribution >= 0.6 is 0 Å². The van der Waals surface area contributed by atoms with E-state index in [-0.39, 0.29) is 6.03 Å². The number of rotatable bonds is 5. The van der Waals surface area contributed by atoms with Crippen LogP contribution in [0.1, 0.15) is 63.4 Å². The minimum Gasteiger partial charge on any atom is -0.338 e. The van der Waals surface area contributed by atoms with Crippen molar-refractivity contribution in [3.05, 3.63) is 35.9 Å². The highest BCUT2D eigenvalue weighted by molar-refractivity contribution is 5.75. The highest BCUT2D eigenvalue weighted by atomic mass is 16.2. The van der Waals surface area contributed by atoms with Crippen molar-refractivity contribution in [2.75, 3.05) is 6.54 Å². The molecule has 2 unspecified atom stereocenters. The van der Waals surface area contributed by atoms with E-state index in [2.05, 4.69) is 47.5 Å². The van der Waals surface area contributed by atoms with E-state index in [0.717, 1.165) is 25.8 Å². The molecule has 1 aromatic carbocycles. The lowest BCUT2D eigenvalue weighted by atomic mass is 9.85. The molecule has 3 nitrogen and oxygen atoms in total. The predicted octanol–water partition coefficient (Wildman–Crippen LogP) is 4.30. The van der Waals surface area contributed by atoms with E-state index in [1.807, 2.05) is 0 Å². The minimum atomic E-state index is 0.176. The first-order valence-corrected chi connectivity index (χ1v) is 8.90. The number of amides is 2. The second kappa shape index (κ2) is 7.17. The Morgan fingerprint density at radius 1 is 1.14 bits per heavy atom. The molecule has 0 spiro atoms. The molecule has 120 valence electrons. The zero-order valence-electron chi connectivity index (χ0n) is 13.6. The maximum absolute atomic E-state index is 12.5. The van der Waals surface area contributed by atoms with Gasteiger partial charge >= 0.3 is 6.03 Å². The quantitative estimate of drug-likeness (QED) is 0.808. The van der Waals surface area contributed by atoms with Gasteiger partial charge in [-0.3, -0.25) is 0 Å². The molecule has 0 aliphatic carbocycles. The van der Waals surface area contributed by atoms with E-state index < -0.39 is 0 Å². The van der Waals surface area contributed by atoms with Crippen molar-refractivity contribution in [3.8, 4) is 0 Å². The lowest BCUT2D eigenvalue weighted by Crippen LogP contribution is -2.50. The molecule has 2 fully saturated rings. The van der Waals surface area contributed by atoms with Gasteiger partial charge in [-0.15, -0.1) is 0 Å². The van der Waals surface area contributed by atoms with Gasteiger partial charge in [0.2, 0.25) is 0 Å². The smallest absolute Gasteiger partial charge is 0.317 e. The van der Waals surface area contributed by atoms with Crippen LogP contribution in [-0.4, -0.2) is 29.6 Å². The second-order valence-corrected chi connectivity index (χ2v) is 6.81. The van der Waals surface area contributed by atoms with E-state index in [4.69, 9.17) is 0 Å². The first-order valence-electron chi connectivity index (χ1n) is 8.90. The largest absolute Gasteiger partial charge is 0.338 e. The Kier molecular flexibility index (Phi) is 5.01. The molecule has 2 atom stereocenters. The fourth-order valence-corrected chi connectivity index (χ4v) is 4.17. The average molecular weight is 300 g/mol. The number of nitrogens with one attached hydrogen (secondary N) is 1. The van der Waals surface area contributed by atoms with Crippen LogP contribution in [-0.2, 0) is 0 Å². The van der Waals surface area contributed by atoms with Crippen LogP contribution in [0.25, 0.3) is 0 Å². The summed E-state index contributed by atoms with van der Waals surface area (Å²) in [6.07, 6.45) is 8.10. The van der Waals surface area contributed by atoms with Gasteiger partial charge in [-0.05, 0) is 43.6 Å². The summed E-state index contributed by atoms with van der Waals surface area (Å²) in [5, 5.41) is 3.13. The van der Waals surface area contributed by atoms with E-state index in [9.17, 15) is 4.79 Å². The molecule has 2 amide bonds. The molecule has 2 saturated heterocycles. The van der Waals surface area contributed by atoms with E-state index in [1.165, 1.54) is 31.2 Å². The van der Waals surface area contributed by atoms with Crippen LogP contribution in [0.15, 0.2) is 30.3 Å². The van der Waals surface area contributed by atoms with Crippen molar-refractivity contribution in [2.45, 2.75) is 69.9 Å². The molecular weight excluding hydrogens is 272 g/mol. The van der Waals surface area contributed by atoms with Crippen LogP contribution in [0.4, 0.5) is 4.79 Å². The van der Waals surface area contributed by atoms with Crippen molar-refractivity contribution < 1.29 is 4.79 Å². The predicted molar refractivity (Wildman–Crippen MR) is 90.0 cm³/mol. The average Bonchev–Trinajstić information content (AvgIpc) is 2.82. The number of benzene rings is 1. The number of hydrogen-bond acceptors (Lipinski definition) is 1. The summed E-state index contributed by atoms with van der Waals surface area (Å²) in [6, 6.07) is 11.9. The molecule has 0 aromatic heterocycles. The molecule has 0 saturated carbocycles. The zero-order chi connectivity index (χ0) is 15.4. The molecule has 2 aliphatic heterocycles. The number of unbranched alkanes of at least 4 members (excludes halogenated alkanes) is 2. The zero-order valence-corrected chi connectivity index (χ0v) is 13.6. The van der Waals surface area contributed by atoms with Crippen molar-refractivity contribution >= 4 is 6.03 Å². The van der Waals surface area contributed by atoms with Crippen LogP contribution in [0.3, 0.4) is 0 Å². The Morgan fingerprint density at radius 2 is 1.82 bits per heavy atom. The fraction of sp³-hybridized carbons (Fsp3) is 0.632. The van der Waals surface area contributed by atoms with Gasteiger partial charge in [-0.2, -0.15) is 0 Å². The summed E-state index contributed by atoms with van der Waals surface area (Å²) in [5.74, 6) is 0.628. The Bertz CT molecular complexity index is 473. The summed E-state index contributed by atoms with van der Waals surface area (Å²) < 4.78 is 0. The second-order valence-electron chi connectivity index (χ2n) is 6.81. The van der Waals surface area contributed by atoms with Crippen molar-refractivity contribution in [3.63, 3.8) is 0 Å². The normalized spacial score (nSPS) is 27.0. The van der Waals surface area contributed by atoms with Crippen molar-refractivity contribution in [2.24, 2.45) is 0 Å². The number of nitrogens with zero attached hydrogens (tertiary/aromatic N) is 1. The summed E-state index contributed by atoms with van der Waals surface area (Å²) in [6.45, 7) is 3.02. The third-order valence-electron chi connectivity index (χ3n) is 5.30. The lowest BCUT2D eigenvalue weighted by Gasteiger charge is -2.39. The molecule has 0 radical (unpaired) electrons. The highest BCUT2D eigenvalue weighted by Crippen LogP contribution is 2.42. The molecule has 3 heteroatoms. The number of hydrogen-bond donors (Lipinski definition) is 1. The monoisotopic (exact) mass is 300 g/mol. The summed E-state index contributed by atoms with van der Waals surface area (Å²) in [5.41, 5.74) is 1.45. The Morgan fingerprint density at radius 3 is 2.45 bits per heavy atom. The van der Waals surface area contributed by atoms with Crippen molar-refractivity contribution in [1.29, 1.82) is 0 Å². The standard InChI is InChI=1S/C19H28N2O/c1-2-3-7-12-20-19(22)21-17-10-11-18(21)14-16(13-17)15-8-5-4-6-9-15/h4-6,8-9,16-18H,2-3,7,10-14H2,1H3,(H,20,22). The van der Waals surface area contributed by atoms with Crippen LogP contribution in [0.5, 0.6) is 0 Å². The Labute approximate surface area is 134 Å². The minimum absolute atomic E-state index is 0.176. The molecular formula is C19H28N2O. The van der Waals surface area contributed by atoms with Gasteiger partial charge in [0, 0.05) is 18.6 Å². The number of piperidine rings is 1. The molecule has 3 rings (SSSR count). The van der Waals surface area contributed by atoms with E-state index in [1.54, 1.807) is 0 Å². The summed E-state index contributed by atoms with van der Waals surface area (Å²) in [7, 11) is 0. The van der Waals surface area contributed by atoms with E-state index in [0.29, 0.717) is 18.0 Å². The number of carbonyl (C=O) groups is 1. The van der Waals surface area contributed by atoms with Gasteiger partial charge < -0.3 is 10.2 Å². The summed E-state index contributed by atoms with van der Waals surface area (Å²) in [4.78, 5) is 14.6. The third kappa shape index (κ3) is 3.29. The molecule has 1 aromatic rings. The van der Waals surface area contributed by atoms with Crippen molar-refractivity contribution in [1.82, 2.24) is 10.2 Å². The summed E-state index contributed by atoms with van der Waals surface area (Å²) >= 11 is 0. The van der Waals surface area contributed by atoms with Gasteiger partial charge in [-0.1, -0.05) is 50.1 Å². The van der Waals surface area contributed by atoms with Crippen LogP contribution < -0.4 is 5.32 Å². The number of urea groups is 1. The lowest BCUT2D eigenvalue weighted by molar-refractivity contribution is 0.138. The van der Waals surface area contributed by atoms with Crippen LogP contribution in [0, 0.1) is 0 Å². The van der Waals surface area contributed by atoms with Gasteiger partial charge in [0.05, 0.1) is 0 Å². The van der Waals surface area contributed by atoms with Crippen LogP contribution in [0.2, 0.25) is 0 Å². The van der Waals surface area contributed by atoms with Gasteiger partial charge in [0.25, 0.3) is 0 Å². The fourth-order valence-electron chi connectivity index (χ4n) is 4.17. The number of fused-ring (bicyclic) bond motifs is 2. The molecule has 1 N–H and O–H groups in total. The molecule has 2 aliphatic rings. The van der Waals surface area contributed by atoms with Gasteiger partial charge in [0.15, 0.2) is 0 Å². The SMILES string of the molecule is CCCCCNC(=O)N1C2CCC1CC(c1ccccc1)C2. The first-order chi connectivity index (χ1) is 10.8. The van der Waals surface area contributed by atoms with E-state index >= 15 is 0 Å². The number of carbonyl (C=O) groups excluding carboxylic acids is 1. The first kappa shape index (κ1) is 15.4. The molecule has 22 heavy (non-hydrogen) atoms. The molecule has 2 heterocycles. The Hall–Kier alpha value is -1.51. The van der Waals surface area contributed by atoms with Gasteiger partial charge in [-0.25, -0.2) is 4.79 Å². The Balaban J connectivity index is 1.57. The molecule has 2 bridgehead atoms. The maximum atomic E-state index is 12.5. The topological polar surface area (TPSA) is 32.3 Å².